The van der Waals surface area contributed by atoms with Gasteiger partial charge in [-0.1, -0.05) is 12.8 Å². The molecule has 1 rings (SSSR count). The topological polar surface area (TPSA) is 17.1 Å². The Morgan fingerprint density at radius 1 is 1.38 bits per heavy atom. The quantitative estimate of drug-likeness (QED) is 0.265. The zero-order valence-electron chi connectivity index (χ0n) is 5.31. The summed E-state index contributed by atoms with van der Waals surface area (Å²) in [6.45, 7) is 0. The zero-order chi connectivity index (χ0) is 5.11. The summed E-state index contributed by atoms with van der Waals surface area (Å²) in [7, 11) is 0. The van der Waals surface area contributed by atoms with Gasteiger partial charge in [0.15, 0.2) is 0 Å². The van der Waals surface area contributed by atoms with E-state index >= 15 is 0 Å². The van der Waals surface area contributed by atoms with E-state index in [1.54, 1.807) is 6.42 Å². The van der Waals surface area contributed by atoms with E-state index in [1.165, 1.54) is 6.42 Å². The first kappa shape index (κ1) is 8.14. The number of rotatable bonds is 0. The Morgan fingerprint density at radius 2 is 2.12 bits per heavy atom. The average Bonchev–Trinajstić information content (AvgIpc) is 1.69. The first-order valence-corrected chi connectivity index (χ1v) is 2.75. The Balaban J connectivity index is 0.000000490. The van der Waals surface area contributed by atoms with Crippen LogP contribution >= 0.6 is 0 Å². The molecule has 0 aromatic heterocycles. The summed E-state index contributed by atoms with van der Waals surface area (Å²) in [5.74, 6) is 0.339. The molecule has 0 bridgehead atoms. The van der Waals surface area contributed by atoms with Gasteiger partial charge >= 0.3 is 18.9 Å². The second kappa shape index (κ2) is 4.06. The molecular formula is C6H9LiO. The molecule has 0 amide bonds. The number of hydrogen-bond acceptors (Lipinski definition) is 1. The van der Waals surface area contributed by atoms with E-state index in [9.17, 15) is 4.79 Å². The molecule has 1 nitrogen and oxygen atoms in total. The molecule has 1 saturated carbocycles. The van der Waals surface area contributed by atoms with Crippen LogP contribution in [0.2, 0.25) is 0 Å². The Kier molecular flexibility index (Phi) is 4.13. The summed E-state index contributed by atoms with van der Waals surface area (Å²) >= 11 is 0. The van der Waals surface area contributed by atoms with E-state index in [-0.39, 0.29) is 18.9 Å². The number of ketones is 1. The van der Waals surface area contributed by atoms with Crippen LogP contribution in [0.15, 0.2) is 0 Å². The minimum Gasteiger partial charge on any atom is -0.334 e. The minimum atomic E-state index is 0. The summed E-state index contributed by atoms with van der Waals surface area (Å²) in [4.78, 5) is 10.4. The molecule has 0 spiro atoms. The smallest absolute Gasteiger partial charge is 0.334 e. The van der Waals surface area contributed by atoms with Crippen LogP contribution in [0.3, 0.4) is 0 Å². The van der Waals surface area contributed by atoms with Gasteiger partial charge in [-0.15, -0.1) is 0 Å². The average molecular weight is 104 g/mol. The van der Waals surface area contributed by atoms with E-state index in [0.29, 0.717) is 5.78 Å². The van der Waals surface area contributed by atoms with Crippen molar-refractivity contribution in [3.05, 3.63) is 6.42 Å². The first-order valence-electron chi connectivity index (χ1n) is 2.75. The molecule has 1 aliphatic rings. The maximum absolute atomic E-state index is 10.4. The zero-order valence-corrected chi connectivity index (χ0v) is 5.31. The van der Waals surface area contributed by atoms with Crippen molar-refractivity contribution in [1.82, 2.24) is 0 Å². The second-order valence-electron chi connectivity index (χ2n) is 1.92. The van der Waals surface area contributed by atoms with E-state index in [4.69, 9.17) is 0 Å². The van der Waals surface area contributed by atoms with Gasteiger partial charge < -0.3 is 11.2 Å². The minimum absolute atomic E-state index is 0. The van der Waals surface area contributed by atoms with Gasteiger partial charge in [0.25, 0.3) is 0 Å². The molecule has 1 aliphatic carbocycles. The van der Waals surface area contributed by atoms with Crippen LogP contribution in [0.4, 0.5) is 0 Å². The molecule has 0 atom stereocenters. The van der Waals surface area contributed by atoms with Crippen molar-refractivity contribution in [2.45, 2.75) is 25.7 Å². The van der Waals surface area contributed by atoms with E-state index in [2.05, 4.69) is 0 Å². The fourth-order valence-electron chi connectivity index (χ4n) is 0.809. The predicted octanol–water partition coefficient (Wildman–Crippen LogP) is -1.66. The Hall–Kier alpha value is 0.137. The van der Waals surface area contributed by atoms with Gasteiger partial charge in [0, 0.05) is 0 Å². The van der Waals surface area contributed by atoms with Crippen molar-refractivity contribution < 1.29 is 23.7 Å². The third-order valence-corrected chi connectivity index (χ3v) is 1.25. The van der Waals surface area contributed by atoms with Gasteiger partial charge in [0.1, 0.15) is 0 Å². The Labute approximate surface area is 62.0 Å². The molecular weight excluding hydrogens is 95.0 g/mol. The van der Waals surface area contributed by atoms with Crippen molar-refractivity contribution in [2.75, 3.05) is 0 Å². The van der Waals surface area contributed by atoms with Crippen LogP contribution in [0.1, 0.15) is 25.7 Å². The molecule has 0 unspecified atom stereocenters. The van der Waals surface area contributed by atoms with Crippen LogP contribution in [0, 0.1) is 6.42 Å². The van der Waals surface area contributed by atoms with Gasteiger partial charge in [-0.25, -0.2) is 0 Å². The Bertz CT molecular complexity index is 72.6. The normalized spacial score (nSPS) is 18.8. The first-order chi connectivity index (χ1) is 3.39. The van der Waals surface area contributed by atoms with Gasteiger partial charge in [-0.3, -0.25) is 0 Å². The molecule has 0 aromatic rings. The fourth-order valence-corrected chi connectivity index (χ4v) is 0.809. The van der Waals surface area contributed by atoms with Crippen molar-refractivity contribution in [2.24, 2.45) is 0 Å². The summed E-state index contributed by atoms with van der Waals surface area (Å²) < 4.78 is 0. The predicted molar refractivity (Wildman–Crippen MR) is 27.8 cm³/mol. The van der Waals surface area contributed by atoms with E-state index in [0.717, 1.165) is 19.3 Å². The van der Waals surface area contributed by atoms with Crippen molar-refractivity contribution in [1.29, 1.82) is 0 Å². The molecule has 8 heavy (non-hydrogen) atoms. The molecule has 0 aromatic carbocycles. The summed E-state index contributed by atoms with van der Waals surface area (Å²) in [5.41, 5.74) is 0. The fraction of sp³-hybridized carbons (Fsp3) is 0.667. The maximum Gasteiger partial charge on any atom is 1.00 e. The van der Waals surface area contributed by atoms with Gasteiger partial charge in [0.2, 0.25) is 0 Å². The molecule has 2 heteroatoms. The molecule has 0 radical (unpaired) electrons. The SMILES string of the molecule is O=C1[CH-]CCCC1.[Li+]. The van der Waals surface area contributed by atoms with Crippen LogP contribution in [-0.2, 0) is 4.79 Å². The van der Waals surface area contributed by atoms with Crippen molar-refractivity contribution in [3.63, 3.8) is 0 Å². The van der Waals surface area contributed by atoms with Crippen LogP contribution < -0.4 is 18.9 Å². The van der Waals surface area contributed by atoms with E-state index < -0.39 is 0 Å². The largest absolute Gasteiger partial charge is 1.00 e. The summed E-state index contributed by atoms with van der Waals surface area (Å²) in [6.07, 6.45) is 5.92. The summed E-state index contributed by atoms with van der Waals surface area (Å²) in [5, 5.41) is 0. The molecule has 0 saturated heterocycles. The third-order valence-electron chi connectivity index (χ3n) is 1.25. The monoisotopic (exact) mass is 104 g/mol. The van der Waals surface area contributed by atoms with Crippen LogP contribution in [-0.4, -0.2) is 5.78 Å². The molecule has 0 heterocycles. The van der Waals surface area contributed by atoms with Gasteiger partial charge in [0.05, 0.1) is 0 Å². The van der Waals surface area contributed by atoms with Crippen LogP contribution in [0.25, 0.3) is 0 Å². The van der Waals surface area contributed by atoms with Crippen molar-refractivity contribution >= 4 is 5.78 Å². The number of carbonyl (C=O) groups excluding carboxylic acids is 1. The second-order valence-corrected chi connectivity index (χ2v) is 1.92. The number of Topliss-reactive ketones (excluding diaryl/α,β-unsaturated/α-hetero) is 1. The number of hydrogen-bond donors (Lipinski definition) is 0. The molecule has 0 N–H and O–H groups in total. The number of carbonyl (C=O) groups is 1. The van der Waals surface area contributed by atoms with Gasteiger partial charge in [-0.2, -0.15) is 6.42 Å². The van der Waals surface area contributed by atoms with Gasteiger partial charge in [-0.05, 0) is 12.2 Å². The molecule has 0 aliphatic heterocycles. The van der Waals surface area contributed by atoms with Crippen LogP contribution in [0.5, 0.6) is 0 Å². The van der Waals surface area contributed by atoms with Crippen molar-refractivity contribution in [3.8, 4) is 0 Å². The van der Waals surface area contributed by atoms with E-state index in [1.807, 2.05) is 0 Å². The molecule has 1 fully saturated rings. The summed E-state index contributed by atoms with van der Waals surface area (Å²) in [6, 6.07) is 0. The molecule has 40 valence electrons. The maximum atomic E-state index is 10.4. The standard InChI is InChI=1S/C6H9O.Li/c7-6-4-2-1-3-5-6;/h4H,1-3,5H2;/q-1;+1. The third kappa shape index (κ3) is 2.45. The Morgan fingerprint density at radius 3 is 2.38 bits per heavy atom.